The van der Waals surface area contributed by atoms with E-state index in [4.69, 9.17) is 9.47 Å². The van der Waals surface area contributed by atoms with E-state index in [0.717, 1.165) is 31.3 Å². The van der Waals surface area contributed by atoms with E-state index in [0.29, 0.717) is 38.0 Å². The van der Waals surface area contributed by atoms with E-state index in [9.17, 15) is 40.5 Å². The average molecular weight is 651 g/mol. The molecule has 6 rings (SSSR count). The molecule has 46 heavy (non-hydrogen) atoms. The number of allylic oxidation sites excluding steroid dienone is 1. The molecule has 6 aliphatic rings. The van der Waals surface area contributed by atoms with Crippen LogP contribution in [0.4, 0.5) is 0 Å². The number of rotatable bonds is 4. The van der Waals surface area contributed by atoms with Crippen molar-refractivity contribution >= 4 is 5.97 Å². The van der Waals surface area contributed by atoms with E-state index in [1.165, 1.54) is 0 Å². The van der Waals surface area contributed by atoms with Crippen molar-refractivity contribution < 1.29 is 50.0 Å². The molecule has 5 fully saturated rings. The molecule has 0 bridgehead atoms. The summed E-state index contributed by atoms with van der Waals surface area (Å²) in [6.45, 7) is 12.3. The number of carbonyl (C=O) groups is 1. The zero-order chi connectivity index (χ0) is 33.8. The number of hydrogen-bond acceptors (Lipinski definition) is 10. The van der Waals surface area contributed by atoms with E-state index < -0.39 is 71.7 Å². The van der Waals surface area contributed by atoms with Crippen LogP contribution < -0.4 is 0 Å². The van der Waals surface area contributed by atoms with E-state index in [-0.39, 0.29) is 34.7 Å². The Morgan fingerprint density at radius 2 is 1.59 bits per heavy atom. The molecule has 7 N–H and O–H groups in total. The Hall–Kier alpha value is -1.11. The van der Waals surface area contributed by atoms with E-state index in [1.54, 1.807) is 0 Å². The average Bonchev–Trinajstić information content (AvgIpc) is 3.01. The minimum absolute atomic E-state index is 0.0435. The molecular formula is C36H58O10. The van der Waals surface area contributed by atoms with Gasteiger partial charge in [0.2, 0.25) is 6.29 Å². The first kappa shape index (κ1) is 34.7. The number of aliphatic hydroxyl groups excluding tert-OH is 6. The van der Waals surface area contributed by atoms with Gasteiger partial charge in [-0.05, 0) is 98.7 Å². The topological polar surface area (TPSA) is 177 Å². The van der Waals surface area contributed by atoms with E-state index >= 15 is 0 Å². The van der Waals surface area contributed by atoms with Crippen LogP contribution in [0.1, 0.15) is 99.3 Å². The van der Waals surface area contributed by atoms with Crippen molar-refractivity contribution in [2.24, 2.45) is 50.7 Å². The Balaban J connectivity index is 1.39. The van der Waals surface area contributed by atoms with Gasteiger partial charge in [0.05, 0.1) is 30.3 Å². The molecule has 0 aromatic rings. The summed E-state index contributed by atoms with van der Waals surface area (Å²) in [6, 6.07) is 0. The van der Waals surface area contributed by atoms with Gasteiger partial charge in [-0.15, -0.1) is 0 Å². The van der Waals surface area contributed by atoms with Crippen LogP contribution in [-0.4, -0.2) is 97.3 Å². The molecule has 0 spiro atoms. The lowest BCUT2D eigenvalue weighted by molar-refractivity contribution is -0.299. The maximum Gasteiger partial charge on any atom is 0.315 e. The van der Waals surface area contributed by atoms with Gasteiger partial charge in [-0.1, -0.05) is 46.3 Å². The molecule has 0 radical (unpaired) electrons. The molecule has 262 valence electrons. The van der Waals surface area contributed by atoms with Gasteiger partial charge in [0, 0.05) is 11.3 Å². The normalized spacial score (nSPS) is 56.8. The molecule has 0 amide bonds. The molecule has 1 heterocycles. The molecule has 0 aromatic carbocycles. The molecule has 10 heteroatoms. The smallest absolute Gasteiger partial charge is 0.315 e. The molecule has 10 nitrogen and oxygen atoms in total. The van der Waals surface area contributed by atoms with Crippen molar-refractivity contribution in [3.8, 4) is 0 Å². The van der Waals surface area contributed by atoms with Crippen LogP contribution in [0.15, 0.2) is 11.6 Å². The SMILES string of the molecule is C[C@@H]1CC[C@]2(C(=O)O[C@H]3O[C@H](CO)[C@@H](O)[C@H](O)[C@H]3O)CC[C@]3(C)C(=CC[C@@H]4[C@@]5(C)CC[C@H](O)[C@@](C)(CO)[C@@H]5CC[C@]43C)[C@@H]2[C@]1(C)O. The first-order chi connectivity index (χ1) is 21.4. The second kappa shape index (κ2) is 11.2. The first-order valence-electron chi connectivity index (χ1n) is 17.6. The number of aliphatic hydroxyl groups is 7. The van der Waals surface area contributed by atoms with Crippen LogP contribution in [0, 0.1) is 50.7 Å². The third-order valence-electron chi connectivity index (χ3n) is 15.7. The lowest BCUT2D eigenvalue weighted by Gasteiger charge is -2.72. The van der Waals surface area contributed by atoms with Gasteiger partial charge in [-0.2, -0.15) is 0 Å². The molecule has 1 saturated heterocycles. The van der Waals surface area contributed by atoms with Gasteiger partial charge in [-0.3, -0.25) is 4.79 Å². The highest BCUT2D eigenvalue weighted by molar-refractivity contribution is 5.79. The fraction of sp³-hybridized carbons (Fsp3) is 0.917. The standard InChI is InChI=1S/C36H58O10/c1-19-9-14-36(30(43)46-29-27(42)26(41)25(40)21(17-37)45-29)16-15-33(4)20(28(36)35(19,6)44)7-8-23-31(2)12-11-24(39)32(3,18-38)22(31)10-13-34(23,33)5/h7,19,21-29,37-42,44H,8-18H2,1-6H3/t19-,21-,22-,23-,24+,25-,26+,27-,28-,29-,31+,32+,33-,34-,35-,36+/m1/s1. The van der Waals surface area contributed by atoms with Crippen LogP contribution in [-0.2, 0) is 14.3 Å². The van der Waals surface area contributed by atoms with Gasteiger partial charge < -0.3 is 45.2 Å². The summed E-state index contributed by atoms with van der Waals surface area (Å²) in [7, 11) is 0. The highest BCUT2D eigenvalue weighted by Crippen LogP contribution is 2.76. The van der Waals surface area contributed by atoms with Crippen molar-refractivity contribution in [3.63, 3.8) is 0 Å². The van der Waals surface area contributed by atoms with Gasteiger partial charge in [0.15, 0.2) is 0 Å². The van der Waals surface area contributed by atoms with Crippen molar-refractivity contribution in [2.45, 2.75) is 142 Å². The van der Waals surface area contributed by atoms with Crippen LogP contribution >= 0.6 is 0 Å². The third-order valence-corrected chi connectivity index (χ3v) is 15.7. The summed E-state index contributed by atoms with van der Waals surface area (Å²) in [4.78, 5) is 14.5. The zero-order valence-electron chi connectivity index (χ0n) is 28.5. The summed E-state index contributed by atoms with van der Waals surface area (Å²) in [5.74, 6) is -0.749. The molecule has 5 aliphatic carbocycles. The lowest BCUT2D eigenvalue weighted by atomic mass is 9.33. The van der Waals surface area contributed by atoms with Gasteiger partial charge in [0.25, 0.3) is 0 Å². The largest absolute Gasteiger partial charge is 0.432 e. The maximum atomic E-state index is 14.5. The van der Waals surface area contributed by atoms with Crippen molar-refractivity contribution in [1.82, 2.24) is 0 Å². The predicted octanol–water partition coefficient (Wildman–Crippen LogP) is 2.44. The summed E-state index contributed by atoms with van der Waals surface area (Å²) in [6.07, 6.45) is 0.492. The molecule has 1 aliphatic heterocycles. The van der Waals surface area contributed by atoms with E-state index in [1.807, 2.05) is 20.8 Å². The number of fused-ring (bicyclic) bond motifs is 7. The van der Waals surface area contributed by atoms with Crippen LogP contribution in [0.25, 0.3) is 0 Å². The van der Waals surface area contributed by atoms with Gasteiger partial charge in [0.1, 0.15) is 24.4 Å². The monoisotopic (exact) mass is 650 g/mol. The minimum Gasteiger partial charge on any atom is -0.432 e. The summed E-state index contributed by atoms with van der Waals surface area (Å²) in [5.41, 5.74) is -2.34. The van der Waals surface area contributed by atoms with Crippen molar-refractivity contribution in [1.29, 1.82) is 0 Å². The van der Waals surface area contributed by atoms with E-state index in [2.05, 4.69) is 26.8 Å². The third kappa shape index (κ3) is 4.39. The molecular weight excluding hydrogens is 592 g/mol. The fourth-order valence-electron chi connectivity index (χ4n) is 12.3. The number of hydrogen-bond donors (Lipinski definition) is 7. The van der Waals surface area contributed by atoms with Crippen molar-refractivity contribution in [3.05, 3.63) is 11.6 Å². The van der Waals surface area contributed by atoms with Crippen LogP contribution in [0.3, 0.4) is 0 Å². The molecule has 0 unspecified atom stereocenters. The summed E-state index contributed by atoms with van der Waals surface area (Å²) in [5, 5.41) is 75.0. The predicted molar refractivity (Wildman–Crippen MR) is 168 cm³/mol. The Labute approximate surface area is 273 Å². The first-order valence-corrected chi connectivity index (χ1v) is 17.6. The zero-order valence-corrected chi connectivity index (χ0v) is 28.5. The van der Waals surface area contributed by atoms with Crippen molar-refractivity contribution in [2.75, 3.05) is 13.2 Å². The highest BCUT2D eigenvalue weighted by atomic mass is 16.7. The van der Waals surface area contributed by atoms with Crippen LogP contribution in [0.2, 0.25) is 0 Å². The number of carbonyl (C=O) groups excluding carboxylic acids is 1. The quantitative estimate of drug-likeness (QED) is 0.177. The maximum absolute atomic E-state index is 14.5. The summed E-state index contributed by atoms with van der Waals surface area (Å²) < 4.78 is 11.5. The number of esters is 1. The summed E-state index contributed by atoms with van der Waals surface area (Å²) >= 11 is 0. The minimum atomic E-state index is -1.70. The number of ether oxygens (including phenoxy) is 2. The highest BCUT2D eigenvalue weighted by Gasteiger charge is 2.72. The lowest BCUT2D eigenvalue weighted by Crippen LogP contribution is -2.68. The molecule has 16 atom stereocenters. The Bertz CT molecular complexity index is 1240. The Kier molecular flexibility index (Phi) is 8.46. The van der Waals surface area contributed by atoms with Gasteiger partial charge in [-0.25, -0.2) is 0 Å². The molecule has 4 saturated carbocycles. The Morgan fingerprint density at radius 1 is 0.891 bits per heavy atom. The molecule has 0 aromatic heterocycles. The fourth-order valence-corrected chi connectivity index (χ4v) is 12.3. The van der Waals surface area contributed by atoms with Gasteiger partial charge >= 0.3 is 5.97 Å². The Morgan fingerprint density at radius 3 is 2.24 bits per heavy atom. The van der Waals surface area contributed by atoms with Crippen LogP contribution in [0.5, 0.6) is 0 Å². The second-order valence-corrected chi connectivity index (χ2v) is 17.4. The second-order valence-electron chi connectivity index (χ2n) is 17.4.